The number of hydrogen-bond acceptors (Lipinski definition) is 5. The van der Waals surface area contributed by atoms with E-state index in [2.05, 4.69) is 0 Å². The van der Waals surface area contributed by atoms with Crippen LogP contribution in [0.2, 0.25) is 5.02 Å². The molecule has 7 nitrogen and oxygen atoms in total. The van der Waals surface area contributed by atoms with Crippen molar-refractivity contribution in [1.29, 1.82) is 0 Å². The Morgan fingerprint density at radius 1 is 1.06 bits per heavy atom. The van der Waals surface area contributed by atoms with Crippen LogP contribution in [-0.2, 0) is 11.2 Å². The Morgan fingerprint density at radius 3 is 2.33 bits per heavy atom. The van der Waals surface area contributed by atoms with Crippen molar-refractivity contribution in [2.45, 2.75) is 45.6 Å². The number of methoxy groups -OCH3 is 1. The van der Waals surface area contributed by atoms with Gasteiger partial charge in [0.05, 0.1) is 24.9 Å². The molecule has 3 rings (SSSR count). The summed E-state index contributed by atoms with van der Waals surface area (Å²) >= 11 is 6.18. The Balaban J connectivity index is 2.04. The fraction of sp³-hybridized carbons (Fsp3) is 0.286. The van der Waals surface area contributed by atoms with E-state index < -0.39 is 17.6 Å². The number of carboxylic acids is 1. The summed E-state index contributed by atoms with van der Waals surface area (Å²) in [5, 5.41) is 9.50. The van der Waals surface area contributed by atoms with Gasteiger partial charge in [0.15, 0.2) is 11.6 Å². The zero-order valence-electron chi connectivity index (χ0n) is 20.4. The lowest BCUT2D eigenvalue weighted by molar-refractivity contribution is -0.121. The Kier molecular flexibility index (Phi) is 8.83. The van der Waals surface area contributed by atoms with Gasteiger partial charge in [-0.15, -0.1) is 0 Å². The summed E-state index contributed by atoms with van der Waals surface area (Å²) < 4.78 is 6.96. The molecule has 0 aliphatic carbocycles. The molecule has 2 aromatic carbocycles. The fourth-order valence-electron chi connectivity index (χ4n) is 4.13. The molecule has 0 amide bonds. The highest BCUT2D eigenvalue weighted by Crippen LogP contribution is 2.34. The number of aromatic nitrogens is 1. The van der Waals surface area contributed by atoms with Crippen LogP contribution < -0.4 is 10.3 Å². The third-order valence-corrected chi connectivity index (χ3v) is 6.27. The molecule has 8 heteroatoms. The van der Waals surface area contributed by atoms with E-state index in [4.69, 9.17) is 21.4 Å². The molecule has 0 saturated heterocycles. The molecular weight excluding hydrogens is 482 g/mol. The molecule has 0 bridgehead atoms. The number of carbonyl (C=O) groups is 3. The average Bonchev–Trinajstić information content (AvgIpc) is 2.84. The maximum Gasteiger partial charge on any atom is 0.335 e. The van der Waals surface area contributed by atoms with Crippen LogP contribution in [0.4, 0.5) is 0 Å². The predicted molar refractivity (Wildman–Crippen MR) is 138 cm³/mol. The third kappa shape index (κ3) is 6.10. The average molecular weight is 510 g/mol. The van der Waals surface area contributed by atoms with Crippen molar-refractivity contribution in [3.8, 4) is 16.9 Å². The molecule has 0 aliphatic rings. The third-order valence-electron chi connectivity index (χ3n) is 6.03. The van der Waals surface area contributed by atoms with E-state index in [1.807, 2.05) is 6.92 Å². The second kappa shape index (κ2) is 11.8. The number of ketones is 2. The number of benzene rings is 2. The first-order chi connectivity index (χ1) is 17.2. The highest BCUT2D eigenvalue weighted by molar-refractivity contribution is 6.31. The first-order valence-corrected chi connectivity index (χ1v) is 12.0. The maximum atomic E-state index is 13.4. The van der Waals surface area contributed by atoms with Gasteiger partial charge in [-0.25, -0.2) is 4.79 Å². The van der Waals surface area contributed by atoms with Crippen molar-refractivity contribution in [2.75, 3.05) is 7.11 Å². The van der Waals surface area contributed by atoms with E-state index in [9.17, 15) is 19.2 Å². The van der Waals surface area contributed by atoms with Crippen LogP contribution in [0.3, 0.4) is 0 Å². The van der Waals surface area contributed by atoms with Crippen LogP contribution in [0.15, 0.2) is 59.5 Å². The van der Waals surface area contributed by atoms with Crippen LogP contribution in [0.5, 0.6) is 5.75 Å². The minimum atomic E-state index is -1.04. The lowest BCUT2D eigenvalue weighted by atomic mass is 9.96. The van der Waals surface area contributed by atoms with Crippen molar-refractivity contribution in [3.05, 3.63) is 86.8 Å². The number of hydrogen-bond donors (Lipinski definition) is 1. The largest absolute Gasteiger partial charge is 0.495 e. The van der Waals surface area contributed by atoms with Crippen LogP contribution in [-0.4, -0.2) is 34.3 Å². The summed E-state index contributed by atoms with van der Waals surface area (Å²) in [7, 11) is 1.46. The molecule has 1 N–H and O–H groups in total. The van der Waals surface area contributed by atoms with Gasteiger partial charge in [-0.1, -0.05) is 43.5 Å². The first kappa shape index (κ1) is 26.9. The summed E-state index contributed by atoms with van der Waals surface area (Å²) in [6, 6.07) is 11.6. The molecular formula is C28H28ClNO6. The minimum absolute atomic E-state index is 0.0492. The standard InChI is InChI=1S/C28H28ClNO6/c1-4-5-6-24(25(32)13-18-7-9-19(10-8-18)28(34)35)30-16-26(36-3)23(15-27(30)33)22-14-20(29)11-12-21(22)17(2)31/h7-12,14-16,24H,4-6,13H2,1-3H3,(H,34,35). The van der Waals surface area contributed by atoms with Gasteiger partial charge in [0.1, 0.15) is 5.75 Å². The van der Waals surface area contributed by atoms with Gasteiger partial charge < -0.3 is 14.4 Å². The van der Waals surface area contributed by atoms with E-state index in [1.165, 1.54) is 43.0 Å². The number of carboxylic acid groups (broad SMARTS) is 1. The SMILES string of the molecule is CCCCC(C(=O)Cc1ccc(C(=O)O)cc1)n1cc(OC)c(-c2cc(Cl)ccc2C(C)=O)cc1=O. The molecule has 1 unspecified atom stereocenters. The number of nitrogens with zero attached hydrogens (tertiary/aromatic N) is 1. The van der Waals surface area contributed by atoms with Gasteiger partial charge in [-0.3, -0.25) is 14.4 Å². The highest BCUT2D eigenvalue weighted by atomic mass is 35.5. The number of ether oxygens (including phenoxy) is 1. The molecule has 0 spiro atoms. The molecule has 36 heavy (non-hydrogen) atoms. The van der Waals surface area contributed by atoms with Gasteiger partial charge in [0.25, 0.3) is 5.56 Å². The Bertz CT molecular complexity index is 1340. The first-order valence-electron chi connectivity index (χ1n) is 11.6. The molecule has 3 aromatic rings. The van der Waals surface area contributed by atoms with Gasteiger partial charge in [0.2, 0.25) is 0 Å². The number of aromatic carboxylic acids is 1. The summed E-state index contributed by atoms with van der Waals surface area (Å²) in [4.78, 5) is 50.0. The summed E-state index contributed by atoms with van der Waals surface area (Å²) in [5.74, 6) is -1.06. The number of unbranched alkanes of at least 4 members (excludes halogenated alkanes) is 1. The number of Topliss-reactive ketones (excluding diaryl/α,β-unsaturated/α-hetero) is 2. The van der Waals surface area contributed by atoms with Crippen molar-refractivity contribution in [1.82, 2.24) is 4.57 Å². The lowest BCUT2D eigenvalue weighted by Crippen LogP contribution is -2.30. The summed E-state index contributed by atoms with van der Waals surface area (Å²) in [5.41, 5.74) is 1.68. The zero-order valence-corrected chi connectivity index (χ0v) is 21.2. The maximum absolute atomic E-state index is 13.4. The van der Waals surface area contributed by atoms with Gasteiger partial charge in [-0.2, -0.15) is 0 Å². The second-order valence-corrected chi connectivity index (χ2v) is 8.99. The predicted octanol–water partition coefficient (Wildman–Crippen LogP) is 5.62. The normalized spacial score (nSPS) is 11.7. The smallest absolute Gasteiger partial charge is 0.335 e. The molecule has 188 valence electrons. The molecule has 0 saturated carbocycles. The van der Waals surface area contributed by atoms with Crippen LogP contribution in [0.1, 0.15) is 65.4 Å². The van der Waals surface area contributed by atoms with E-state index in [-0.39, 0.29) is 23.6 Å². The van der Waals surface area contributed by atoms with E-state index in [0.717, 1.165) is 12.8 Å². The molecule has 1 heterocycles. The molecule has 0 aliphatic heterocycles. The number of rotatable bonds is 11. The second-order valence-electron chi connectivity index (χ2n) is 8.55. The van der Waals surface area contributed by atoms with Gasteiger partial charge in [0, 0.05) is 28.6 Å². The van der Waals surface area contributed by atoms with Crippen LogP contribution in [0, 0.1) is 0 Å². The van der Waals surface area contributed by atoms with Crippen LogP contribution >= 0.6 is 11.6 Å². The van der Waals surface area contributed by atoms with Crippen molar-refractivity contribution in [2.24, 2.45) is 0 Å². The number of carbonyl (C=O) groups excluding carboxylic acids is 2. The number of halogens is 1. The van der Waals surface area contributed by atoms with Gasteiger partial charge >= 0.3 is 5.97 Å². The summed E-state index contributed by atoms with van der Waals surface area (Å²) in [6.45, 7) is 3.43. The Hall–Kier alpha value is -3.71. The minimum Gasteiger partial charge on any atom is -0.495 e. The summed E-state index contributed by atoms with van der Waals surface area (Å²) in [6.07, 6.45) is 3.59. The Morgan fingerprint density at radius 2 is 1.75 bits per heavy atom. The topological polar surface area (TPSA) is 103 Å². The van der Waals surface area contributed by atoms with E-state index in [1.54, 1.807) is 30.3 Å². The lowest BCUT2D eigenvalue weighted by Gasteiger charge is -2.21. The number of pyridine rings is 1. The molecule has 1 aromatic heterocycles. The Labute approximate surface area is 214 Å². The quantitative estimate of drug-likeness (QED) is 0.336. The van der Waals surface area contributed by atoms with Crippen molar-refractivity contribution in [3.63, 3.8) is 0 Å². The monoisotopic (exact) mass is 509 g/mol. The van der Waals surface area contributed by atoms with E-state index in [0.29, 0.717) is 39.4 Å². The molecule has 1 atom stereocenters. The van der Waals surface area contributed by atoms with Crippen LogP contribution in [0.25, 0.3) is 11.1 Å². The van der Waals surface area contributed by atoms with Crippen molar-refractivity contribution < 1.29 is 24.2 Å². The van der Waals surface area contributed by atoms with Crippen molar-refractivity contribution >= 4 is 29.1 Å². The molecule has 0 fully saturated rings. The van der Waals surface area contributed by atoms with E-state index >= 15 is 0 Å². The fourth-order valence-corrected chi connectivity index (χ4v) is 4.30. The highest BCUT2D eigenvalue weighted by Gasteiger charge is 2.24. The zero-order chi connectivity index (χ0) is 26.4. The molecule has 0 radical (unpaired) electrons. The van der Waals surface area contributed by atoms with Gasteiger partial charge in [-0.05, 0) is 54.8 Å².